The Labute approximate surface area is 78.7 Å². The molecule has 3 nitrogen and oxygen atoms in total. The molecule has 0 spiro atoms. The highest BCUT2D eigenvalue weighted by Crippen LogP contribution is 1.89. The minimum absolute atomic E-state index is 0.0571. The average Bonchev–Trinajstić information content (AvgIpc) is 2.15. The van der Waals surface area contributed by atoms with Crippen molar-refractivity contribution in [1.82, 2.24) is 0 Å². The van der Waals surface area contributed by atoms with Crippen LogP contribution in [0.15, 0.2) is 30.3 Å². The average molecular weight is 179 g/mol. The fraction of sp³-hybridized carbons (Fsp3) is 0.333. The lowest BCUT2D eigenvalue weighted by atomic mass is 9.80. The van der Waals surface area contributed by atoms with Crippen LogP contribution in [0.3, 0.4) is 0 Å². The van der Waals surface area contributed by atoms with Gasteiger partial charge in [0.2, 0.25) is 0 Å². The third-order valence-corrected chi connectivity index (χ3v) is 1.60. The van der Waals surface area contributed by atoms with Crippen LogP contribution < -0.4 is 11.2 Å². The van der Waals surface area contributed by atoms with Crippen LogP contribution in [-0.2, 0) is 4.65 Å². The minimum Gasteiger partial charge on any atom is -0.423 e. The molecule has 0 bridgehead atoms. The second-order valence-electron chi connectivity index (χ2n) is 3.07. The first kappa shape index (κ1) is 10.2. The van der Waals surface area contributed by atoms with Crippen molar-refractivity contribution in [1.29, 1.82) is 0 Å². The Morgan fingerprint density at radius 1 is 1.46 bits per heavy atom. The van der Waals surface area contributed by atoms with Crippen LogP contribution in [0.1, 0.15) is 6.92 Å². The molecule has 4 heteroatoms. The summed E-state index contributed by atoms with van der Waals surface area (Å²) >= 11 is 0. The van der Waals surface area contributed by atoms with Crippen molar-refractivity contribution in [3.05, 3.63) is 30.3 Å². The maximum atomic E-state index is 9.49. The Morgan fingerprint density at radius 2 is 2.08 bits per heavy atom. The van der Waals surface area contributed by atoms with Gasteiger partial charge in [-0.15, -0.1) is 0 Å². The van der Waals surface area contributed by atoms with Gasteiger partial charge in [0.25, 0.3) is 0 Å². The highest BCUT2D eigenvalue weighted by molar-refractivity contribution is 6.59. The molecule has 70 valence electrons. The molecule has 1 aromatic rings. The van der Waals surface area contributed by atoms with E-state index in [1.807, 2.05) is 37.3 Å². The Balaban J connectivity index is 2.44. The van der Waals surface area contributed by atoms with Crippen LogP contribution >= 0.6 is 0 Å². The Hall–Kier alpha value is -0.835. The predicted octanol–water partition coefficient (Wildman–Crippen LogP) is -0.262. The van der Waals surface area contributed by atoms with Crippen molar-refractivity contribution in [2.75, 3.05) is 6.61 Å². The van der Waals surface area contributed by atoms with Gasteiger partial charge < -0.3 is 15.4 Å². The first-order valence-electron chi connectivity index (χ1n) is 4.30. The standard InChI is InChI=1S/C9H14BNO2/c1-8(11)7-13-10(12)9-5-3-2-4-6-9/h2-6,8,12H,7,11H2,1H3. The smallest absolute Gasteiger partial charge is 0.423 e. The Kier molecular flexibility index (Phi) is 3.95. The summed E-state index contributed by atoms with van der Waals surface area (Å²) in [4.78, 5) is 0. The highest BCUT2D eigenvalue weighted by atomic mass is 16.5. The van der Waals surface area contributed by atoms with Crippen LogP contribution in [0.25, 0.3) is 0 Å². The maximum Gasteiger partial charge on any atom is 0.491 e. The Morgan fingerprint density at radius 3 is 2.62 bits per heavy atom. The van der Waals surface area contributed by atoms with Crippen molar-refractivity contribution in [2.24, 2.45) is 5.73 Å². The molecule has 1 rings (SSSR count). The van der Waals surface area contributed by atoms with Gasteiger partial charge in [0.05, 0.1) is 0 Å². The Bertz CT molecular complexity index is 241. The lowest BCUT2D eigenvalue weighted by molar-refractivity contribution is 0.254. The van der Waals surface area contributed by atoms with Gasteiger partial charge in [0.15, 0.2) is 0 Å². The summed E-state index contributed by atoms with van der Waals surface area (Å²) in [6.07, 6.45) is 0. The fourth-order valence-electron chi connectivity index (χ4n) is 0.957. The van der Waals surface area contributed by atoms with Gasteiger partial charge in [-0.05, 0) is 12.4 Å². The summed E-state index contributed by atoms with van der Waals surface area (Å²) in [6, 6.07) is 9.17. The largest absolute Gasteiger partial charge is 0.491 e. The molecule has 1 unspecified atom stereocenters. The second kappa shape index (κ2) is 5.02. The predicted molar refractivity (Wildman–Crippen MR) is 53.7 cm³/mol. The zero-order valence-corrected chi connectivity index (χ0v) is 7.68. The van der Waals surface area contributed by atoms with E-state index in [1.54, 1.807) is 0 Å². The number of hydrogen-bond acceptors (Lipinski definition) is 3. The van der Waals surface area contributed by atoms with E-state index in [0.29, 0.717) is 6.61 Å². The molecular formula is C9H14BNO2. The lowest BCUT2D eigenvalue weighted by Gasteiger charge is -2.09. The van der Waals surface area contributed by atoms with Gasteiger partial charge in [0.1, 0.15) is 0 Å². The normalized spacial score (nSPS) is 12.5. The fourth-order valence-corrected chi connectivity index (χ4v) is 0.957. The maximum absolute atomic E-state index is 9.49. The van der Waals surface area contributed by atoms with Crippen LogP contribution in [0.5, 0.6) is 0 Å². The van der Waals surface area contributed by atoms with Crippen LogP contribution in [-0.4, -0.2) is 24.8 Å². The van der Waals surface area contributed by atoms with Gasteiger partial charge in [-0.25, -0.2) is 0 Å². The molecule has 3 N–H and O–H groups in total. The lowest BCUT2D eigenvalue weighted by Crippen LogP contribution is -2.37. The molecule has 0 radical (unpaired) electrons. The van der Waals surface area contributed by atoms with E-state index >= 15 is 0 Å². The number of nitrogens with two attached hydrogens (primary N) is 1. The third-order valence-electron chi connectivity index (χ3n) is 1.60. The number of benzene rings is 1. The third kappa shape index (κ3) is 3.59. The van der Waals surface area contributed by atoms with Gasteiger partial charge in [-0.2, -0.15) is 0 Å². The molecule has 0 heterocycles. The van der Waals surface area contributed by atoms with Crippen LogP contribution in [0.2, 0.25) is 0 Å². The summed E-state index contributed by atoms with van der Waals surface area (Å²) in [7, 11) is -0.868. The van der Waals surface area contributed by atoms with Gasteiger partial charge in [0, 0.05) is 12.6 Å². The van der Waals surface area contributed by atoms with E-state index in [-0.39, 0.29) is 6.04 Å². The van der Waals surface area contributed by atoms with Gasteiger partial charge >= 0.3 is 7.12 Å². The highest BCUT2D eigenvalue weighted by Gasteiger charge is 2.15. The molecule has 0 aromatic heterocycles. The quantitative estimate of drug-likeness (QED) is 0.626. The SMILES string of the molecule is CC(N)COB(O)c1ccccc1. The zero-order chi connectivity index (χ0) is 9.68. The van der Waals surface area contributed by atoms with E-state index in [2.05, 4.69) is 0 Å². The molecule has 0 aliphatic carbocycles. The summed E-state index contributed by atoms with van der Waals surface area (Å²) in [5, 5.41) is 9.49. The first-order valence-corrected chi connectivity index (χ1v) is 4.30. The van der Waals surface area contributed by atoms with E-state index in [4.69, 9.17) is 10.4 Å². The topological polar surface area (TPSA) is 55.5 Å². The van der Waals surface area contributed by atoms with Crippen LogP contribution in [0, 0.1) is 0 Å². The van der Waals surface area contributed by atoms with Gasteiger partial charge in [-0.1, -0.05) is 30.3 Å². The van der Waals surface area contributed by atoms with Crippen molar-refractivity contribution in [3.8, 4) is 0 Å². The van der Waals surface area contributed by atoms with Gasteiger partial charge in [-0.3, -0.25) is 0 Å². The van der Waals surface area contributed by atoms with E-state index in [0.717, 1.165) is 5.46 Å². The van der Waals surface area contributed by atoms with Crippen molar-refractivity contribution < 1.29 is 9.68 Å². The summed E-state index contributed by atoms with van der Waals surface area (Å²) in [6.45, 7) is 2.19. The summed E-state index contributed by atoms with van der Waals surface area (Å²) < 4.78 is 5.12. The zero-order valence-electron chi connectivity index (χ0n) is 7.68. The summed E-state index contributed by atoms with van der Waals surface area (Å²) in [5.41, 5.74) is 6.24. The molecule has 1 atom stereocenters. The monoisotopic (exact) mass is 179 g/mol. The molecule has 0 aliphatic heterocycles. The molecule has 13 heavy (non-hydrogen) atoms. The van der Waals surface area contributed by atoms with E-state index in [9.17, 15) is 5.02 Å². The summed E-state index contributed by atoms with van der Waals surface area (Å²) in [5.74, 6) is 0. The van der Waals surface area contributed by atoms with Crippen LogP contribution in [0.4, 0.5) is 0 Å². The number of rotatable bonds is 4. The second-order valence-corrected chi connectivity index (χ2v) is 3.07. The molecule has 0 saturated heterocycles. The first-order chi connectivity index (χ1) is 6.20. The molecule has 0 saturated carbocycles. The number of hydrogen-bond donors (Lipinski definition) is 2. The molecule has 0 amide bonds. The molecule has 1 aromatic carbocycles. The molecule has 0 aliphatic rings. The minimum atomic E-state index is -0.868. The van der Waals surface area contributed by atoms with Crippen molar-refractivity contribution in [3.63, 3.8) is 0 Å². The molecule has 0 fully saturated rings. The van der Waals surface area contributed by atoms with Crippen molar-refractivity contribution >= 4 is 12.6 Å². The van der Waals surface area contributed by atoms with Crippen molar-refractivity contribution in [2.45, 2.75) is 13.0 Å². The van der Waals surface area contributed by atoms with E-state index in [1.165, 1.54) is 0 Å². The molecular weight excluding hydrogens is 165 g/mol. The van der Waals surface area contributed by atoms with E-state index < -0.39 is 7.12 Å².